The van der Waals surface area contributed by atoms with E-state index in [1.807, 2.05) is 11.8 Å². The number of nitrogens with zero attached hydrogens (tertiary/aromatic N) is 2. The molecule has 1 aliphatic rings. The highest BCUT2D eigenvalue weighted by atomic mass is 32.2. The summed E-state index contributed by atoms with van der Waals surface area (Å²) in [6.07, 6.45) is 1.93. The van der Waals surface area contributed by atoms with Crippen LogP contribution in [0.3, 0.4) is 0 Å². The van der Waals surface area contributed by atoms with Crippen LogP contribution in [0.25, 0.3) is 0 Å². The Morgan fingerprint density at radius 2 is 1.93 bits per heavy atom. The summed E-state index contributed by atoms with van der Waals surface area (Å²) in [5.41, 5.74) is 1.04. The molecule has 0 spiro atoms. The lowest BCUT2D eigenvalue weighted by atomic mass is 10.1. The summed E-state index contributed by atoms with van der Waals surface area (Å²) in [5.74, 6) is 2.74. The number of benzene rings is 2. The van der Waals surface area contributed by atoms with Crippen LogP contribution in [0.2, 0.25) is 0 Å². The van der Waals surface area contributed by atoms with E-state index in [2.05, 4.69) is 47.5 Å². The molecule has 0 aliphatic carbocycles. The van der Waals surface area contributed by atoms with Gasteiger partial charge < -0.3 is 10.2 Å². The molecule has 1 unspecified atom stereocenters. The van der Waals surface area contributed by atoms with Crippen molar-refractivity contribution in [2.24, 2.45) is 16.0 Å². The molecule has 3 rings (SSSR count). The number of likely N-dealkylation sites (tertiary alicyclic amines) is 1. The van der Waals surface area contributed by atoms with E-state index >= 15 is 0 Å². The van der Waals surface area contributed by atoms with Crippen LogP contribution in [-0.4, -0.2) is 51.2 Å². The van der Waals surface area contributed by atoms with Crippen LogP contribution in [0.1, 0.15) is 18.9 Å². The molecular formula is C22H30N4O2S2. The minimum atomic E-state index is -3.65. The van der Waals surface area contributed by atoms with E-state index in [4.69, 9.17) is 10.1 Å². The maximum absolute atomic E-state index is 11.4. The summed E-state index contributed by atoms with van der Waals surface area (Å²) in [5, 5.41) is 8.56. The van der Waals surface area contributed by atoms with Gasteiger partial charge in [0.1, 0.15) is 0 Å². The second-order valence-electron chi connectivity index (χ2n) is 7.40. The highest BCUT2D eigenvalue weighted by Gasteiger charge is 2.24. The smallest absolute Gasteiger partial charge is 0.238 e. The topological polar surface area (TPSA) is 87.8 Å². The van der Waals surface area contributed by atoms with Gasteiger partial charge in [0.2, 0.25) is 10.0 Å². The van der Waals surface area contributed by atoms with Crippen molar-refractivity contribution in [3.05, 3.63) is 60.2 Å². The molecule has 0 saturated carbocycles. The van der Waals surface area contributed by atoms with Crippen LogP contribution >= 0.6 is 11.8 Å². The van der Waals surface area contributed by atoms with Gasteiger partial charge in [-0.2, -0.15) is 0 Å². The zero-order chi connectivity index (χ0) is 21.4. The van der Waals surface area contributed by atoms with E-state index in [1.165, 1.54) is 11.3 Å². The highest BCUT2D eigenvalue weighted by molar-refractivity contribution is 7.99. The first-order valence-electron chi connectivity index (χ1n) is 10.3. The van der Waals surface area contributed by atoms with Crippen LogP contribution < -0.4 is 10.5 Å². The molecule has 1 atom stereocenters. The molecule has 1 heterocycles. The Bertz CT molecular complexity index is 931. The Morgan fingerprint density at radius 1 is 1.20 bits per heavy atom. The summed E-state index contributed by atoms with van der Waals surface area (Å²) in [6.45, 7) is 5.61. The molecule has 8 heteroatoms. The van der Waals surface area contributed by atoms with Crippen LogP contribution in [0.15, 0.2) is 69.4 Å². The molecule has 1 saturated heterocycles. The second kappa shape index (κ2) is 10.8. The highest BCUT2D eigenvalue weighted by Crippen LogP contribution is 2.25. The first-order valence-corrected chi connectivity index (χ1v) is 12.8. The second-order valence-corrected chi connectivity index (χ2v) is 10.1. The lowest BCUT2D eigenvalue weighted by Gasteiger charge is -2.21. The largest absolute Gasteiger partial charge is 0.357 e. The summed E-state index contributed by atoms with van der Waals surface area (Å²) in [6, 6.07) is 17.3. The molecule has 0 aromatic heterocycles. The van der Waals surface area contributed by atoms with E-state index < -0.39 is 10.0 Å². The van der Waals surface area contributed by atoms with Gasteiger partial charge in [-0.05, 0) is 55.5 Å². The molecule has 0 bridgehead atoms. The van der Waals surface area contributed by atoms with Crippen molar-refractivity contribution in [3.8, 4) is 0 Å². The van der Waals surface area contributed by atoms with Crippen molar-refractivity contribution in [3.63, 3.8) is 0 Å². The number of guanidine groups is 1. The van der Waals surface area contributed by atoms with Gasteiger partial charge in [-0.3, -0.25) is 4.99 Å². The maximum Gasteiger partial charge on any atom is 0.238 e. The minimum Gasteiger partial charge on any atom is -0.357 e. The van der Waals surface area contributed by atoms with Crippen LogP contribution in [0, 0.1) is 5.92 Å². The van der Waals surface area contributed by atoms with Gasteiger partial charge in [0, 0.05) is 36.8 Å². The Kier molecular flexibility index (Phi) is 8.18. The normalized spacial score (nSPS) is 17.3. The summed E-state index contributed by atoms with van der Waals surface area (Å²) in [7, 11) is -3.65. The zero-order valence-electron chi connectivity index (χ0n) is 17.3. The van der Waals surface area contributed by atoms with E-state index in [0.717, 1.165) is 43.3 Å². The Balaban J connectivity index is 1.51. The first-order chi connectivity index (χ1) is 14.5. The van der Waals surface area contributed by atoms with E-state index in [0.29, 0.717) is 12.5 Å². The number of aliphatic imine (C=N–C) groups is 1. The van der Waals surface area contributed by atoms with Gasteiger partial charge in [0.15, 0.2) is 5.96 Å². The summed E-state index contributed by atoms with van der Waals surface area (Å²) < 4.78 is 22.7. The van der Waals surface area contributed by atoms with Crippen molar-refractivity contribution >= 4 is 27.7 Å². The van der Waals surface area contributed by atoms with Gasteiger partial charge in [0.05, 0.1) is 4.90 Å². The molecule has 162 valence electrons. The van der Waals surface area contributed by atoms with Gasteiger partial charge >= 0.3 is 0 Å². The monoisotopic (exact) mass is 446 g/mol. The van der Waals surface area contributed by atoms with Crippen LogP contribution in [-0.2, 0) is 16.4 Å². The maximum atomic E-state index is 11.4. The fourth-order valence-electron chi connectivity index (χ4n) is 3.45. The number of sulfonamides is 1. The van der Waals surface area contributed by atoms with Gasteiger partial charge in [-0.1, -0.05) is 30.3 Å². The van der Waals surface area contributed by atoms with Crippen LogP contribution in [0.4, 0.5) is 0 Å². The van der Waals surface area contributed by atoms with Gasteiger partial charge in [0.25, 0.3) is 0 Å². The number of thioether (sulfide) groups is 1. The fourth-order valence-corrected chi connectivity index (χ4v) is 5.02. The molecule has 30 heavy (non-hydrogen) atoms. The summed E-state index contributed by atoms with van der Waals surface area (Å²) in [4.78, 5) is 8.61. The number of nitrogens with one attached hydrogen (secondary N) is 1. The number of rotatable bonds is 8. The lowest BCUT2D eigenvalue weighted by molar-refractivity contribution is 0.474. The average molecular weight is 447 g/mol. The van der Waals surface area contributed by atoms with Gasteiger partial charge in [-0.15, -0.1) is 11.8 Å². The molecular weight excluding hydrogens is 416 g/mol. The number of hydrogen-bond donors (Lipinski definition) is 2. The predicted octanol–water partition coefficient (Wildman–Crippen LogP) is 2.96. The van der Waals surface area contributed by atoms with Crippen molar-refractivity contribution in [1.29, 1.82) is 0 Å². The zero-order valence-corrected chi connectivity index (χ0v) is 19.0. The Labute approximate surface area is 184 Å². The molecule has 2 aromatic rings. The molecule has 1 fully saturated rings. The van der Waals surface area contributed by atoms with E-state index in [1.54, 1.807) is 24.3 Å². The summed E-state index contributed by atoms with van der Waals surface area (Å²) >= 11 is 1.92. The standard InChI is InChI=1S/C22H30N4O2S2/c1-2-24-22(25-14-12-18-8-10-21(11-9-18)30(23,27)28)26-15-13-19(16-26)17-29-20-6-4-3-5-7-20/h3-11,19H,2,12-17H2,1H3,(H,24,25)(H2,23,27,28). The van der Waals surface area contributed by atoms with E-state index in [9.17, 15) is 8.42 Å². The lowest BCUT2D eigenvalue weighted by Crippen LogP contribution is -2.40. The minimum absolute atomic E-state index is 0.138. The Hall–Kier alpha value is -2.03. The number of primary sulfonamides is 1. The van der Waals surface area contributed by atoms with E-state index in [-0.39, 0.29) is 4.90 Å². The predicted molar refractivity (Wildman–Crippen MR) is 124 cm³/mol. The SMILES string of the molecule is CCNC(=NCCc1ccc(S(N)(=O)=O)cc1)N1CCC(CSc2ccccc2)C1. The van der Waals surface area contributed by atoms with Gasteiger partial charge in [-0.25, -0.2) is 13.6 Å². The molecule has 6 nitrogen and oxygen atoms in total. The van der Waals surface area contributed by atoms with Crippen molar-refractivity contribution in [1.82, 2.24) is 10.2 Å². The quantitative estimate of drug-likeness (QED) is 0.370. The third-order valence-electron chi connectivity index (χ3n) is 5.06. The fraction of sp³-hybridized carbons (Fsp3) is 0.409. The molecule has 3 N–H and O–H groups in total. The molecule has 2 aromatic carbocycles. The molecule has 0 amide bonds. The number of nitrogens with two attached hydrogens (primary N) is 1. The number of hydrogen-bond acceptors (Lipinski definition) is 4. The molecule has 0 radical (unpaired) electrons. The first kappa shape index (κ1) is 22.7. The average Bonchev–Trinajstić information content (AvgIpc) is 3.21. The third-order valence-corrected chi connectivity index (χ3v) is 7.24. The van der Waals surface area contributed by atoms with Crippen molar-refractivity contribution in [2.75, 3.05) is 31.9 Å². The van der Waals surface area contributed by atoms with Crippen molar-refractivity contribution < 1.29 is 8.42 Å². The van der Waals surface area contributed by atoms with Crippen LogP contribution in [0.5, 0.6) is 0 Å². The van der Waals surface area contributed by atoms with Crippen molar-refractivity contribution in [2.45, 2.75) is 29.6 Å². The third kappa shape index (κ3) is 6.75. The molecule has 1 aliphatic heterocycles. The Morgan fingerprint density at radius 3 is 2.60 bits per heavy atom.